The Balaban J connectivity index is 2.07. The molecule has 7 heteroatoms. The Morgan fingerprint density at radius 1 is 1.43 bits per heavy atom. The Hall–Kier alpha value is -2.15. The SMILES string of the molecule is CC(C)(C)CC(=O)Nc1nc(-c2c[nH]c(C(N)=O)c2)cs1. The number of H-pyrrole nitrogens is 1. The van der Waals surface area contributed by atoms with Gasteiger partial charge in [-0.25, -0.2) is 4.98 Å². The molecular weight excluding hydrogens is 288 g/mol. The fourth-order valence-corrected chi connectivity index (χ4v) is 2.53. The highest BCUT2D eigenvalue weighted by molar-refractivity contribution is 7.14. The Kier molecular flexibility index (Phi) is 4.13. The topological polar surface area (TPSA) is 101 Å². The number of hydrogen-bond acceptors (Lipinski definition) is 4. The number of nitrogens with two attached hydrogens (primary N) is 1. The zero-order valence-electron chi connectivity index (χ0n) is 12.2. The molecule has 21 heavy (non-hydrogen) atoms. The summed E-state index contributed by atoms with van der Waals surface area (Å²) in [7, 11) is 0. The molecule has 0 unspecified atom stereocenters. The number of carbonyl (C=O) groups is 2. The third-order valence-corrected chi connectivity index (χ3v) is 3.44. The Morgan fingerprint density at radius 3 is 2.71 bits per heavy atom. The maximum absolute atomic E-state index is 11.9. The number of nitrogens with zero attached hydrogens (tertiary/aromatic N) is 1. The monoisotopic (exact) mass is 306 g/mol. The molecule has 0 saturated heterocycles. The van der Waals surface area contributed by atoms with Gasteiger partial charge in [-0.2, -0.15) is 0 Å². The summed E-state index contributed by atoms with van der Waals surface area (Å²) in [5.74, 6) is -0.578. The van der Waals surface area contributed by atoms with Crippen LogP contribution in [-0.4, -0.2) is 21.8 Å². The number of aromatic amines is 1. The number of nitrogens with one attached hydrogen (secondary N) is 2. The van der Waals surface area contributed by atoms with Gasteiger partial charge in [0.05, 0.1) is 5.69 Å². The largest absolute Gasteiger partial charge is 0.364 e. The van der Waals surface area contributed by atoms with Crippen molar-refractivity contribution in [1.29, 1.82) is 0 Å². The van der Waals surface area contributed by atoms with Crippen LogP contribution in [0.1, 0.15) is 37.7 Å². The summed E-state index contributed by atoms with van der Waals surface area (Å²) >= 11 is 1.34. The number of aromatic nitrogens is 2. The van der Waals surface area contributed by atoms with Gasteiger partial charge in [-0.05, 0) is 11.5 Å². The van der Waals surface area contributed by atoms with E-state index in [1.165, 1.54) is 11.3 Å². The number of amides is 2. The molecule has 0 aromatic carbocycles. The van der Waals surface area contributed by atoms with E-state index in [-0.39, 0.29) is 11.3 Å². The van der Waals surface area contributed by atoms with Crippen LogP contribution < -0.4 is 11.1 Å². The highest BCUT2D eigenvalue weighted by atomic mass is 32.1. The minimum absolute atomic E-state index is 0.0599. The van der Waals surface area contributed by atoms with Crippen molar-refractivity contribution in [3.05, 3.63) is 23.3 Å². The summed E-state index contributed by atoms with van der Waals surface area (Å²) in [5, 5.41) is 5.15. The number of carbonyl (C=O) groups excluding carboxylic acids is 2. The van der Waals surface area contributed by atoms with Crippen molar-refractivity contribution in [3.63, 3.8) is 0 Å². The molecule has 0 aliphatic rings. The van der Waals surface area contributed by atoms with Gasteiger partial charge in [0.15, 0.2) is 5.13 Å². The summed E-state index contributed by atoms with van der Waals surface area (Å²) in [6.45, 7) is 6.01. The molecule has 0 saturated carbocycles. The fraction of sp³-hybridized carbons (Fsp3) is 0.357. The molecule has 2 amide bonds. The number of thiazole rings is 1. The molecule has 0 radical (unpaired) electrons. The molecule has 0 spiro atoms. The molecule has 2 rings (SSSR count). The summed E-state index contributed by atoms with van der Waals surface area (Å²) in [6.07, 6.45) is 2.09. The quantitative estimate of drug-likeness (QED) is 0.809. The van der Waals surface area contributed by atoms with Gasteiger partial charge in [0, 0.05) is 23.6 Å². The number of rotatable bonds is 4. The van der Waals surface area contributed by atoms with Crippen LogP contribution in [0, 0.1) is 5.41 Å². The normalized spacial score (nSPS) is 11.4. The van der Waals surface area contributed by atoms with Gasteiger partial charge in [0.2, 0.25) is 5.91 Å². The van der Waals surface area contributed by atoms with Crippen molar-refractivity contribution in [2.24, 2.45) is 11.1 Å². The Morgan fingerprint density at radius 2 is 2.14 bits per heavy atom. The van der Waals surface area contributed by atoms with Crippen LogP contribution in [-0.2, 0) is 4.79 Å². The second kappa shape index (κ2) is 5.69. The molecule has 0 aliphatic carbocycles. The predicted molar refractivity (Wildman–Crippen MR) is 83.1 cm³/mol. The highest BCUT2D eigenvalue weighted by Gasteiger charge is 2.17. The highest BCUT2D eigenvalue weighted by Crippen LogP contribution is 2.26. The first kappa shape index (κ1) is 15.2. The molecule has 0 aliphatic heterocycles. The van der Waals surface area contributed by atoms with E-state index in [1.54, 1.807) is 12.3 Å². The summed E-state index contributed by atoms with van der Waals surface area (Å²) < 4.78 is 0. The minimum Gasteiger partial charge on any atom is -0.364 e. The van der Waals surface area contributed by atoms with E-state index in [2.05, 4.69) is 15.3 Å². The molecule has 0 bridgehead atoms. The van der Waals surface area contributed by atoms with Crippen LogP contribution in [0.3, 0.4) is 0 Å². The van der Waals surface area contributed by atoms with Crippen molar-refractivity contribution < 1.29 is 9.59 Å². The molecule has 112 valence electrons. The van der Waals surface area contributed by atoms with E-state index >= 15 is 0 Å². The van der Waals surface area contributed by atoms with Crippen LogP contribution in [0.15, 0.2) is 17.6 Å². The lowest BCUT2D eigenvalue weighted by Crippen LogP contribution is -2.19. The third-order valence-electron chi connectivity index (χ3n) is 2.69. The van der Waals surface area contributed by atoms with E-state index in [9.17, 15) is 9.59 Å². The summed E-state index contributed by atoms with van der Waals surface area (Å²) in [5.41, 5.74) is 6.90. The van der Waals surface area contributed by atoms with Crippen LogP contribution in [0.5, 0.6) is 0 Å². The molecule has 0 atom stereocenters. The minimum atomic E-state index is -0.518. The number of primary amides is 1. The molecule has 6 nitrogen and oxygen atoms in total. The predicted octanol–water partition coefficient (Wildman–Crippen LogP) is 2.61. The molecular formula is C14H18N4O2S. The summed E-state index contributed by atoms with van der Waals surface area (Å²) in [6, 6.07) is 1.64. The number of anilines is 1. The zero-order valence-corrected chi connectivity index (χ0v) is 13.0. The van der Waals surface area contributed by atoms with Gasteiger partial charge in [-0.15, -0.1) is 11.3 Å². The first-order valence-electron chi connectivity index (χ1n) is 6.48. The van der Waals surface area contributed by atoms with Crippen molar-refractivity contribution in [2.75, 3.05) is 5.32 Å². The van der Waals surface area contributed by atoms with Gasteiger partial charge in [0.1, 0.15) is 5.69 Å². The molecule has 2 aromatic heterocycles. The lowest BCUT2D eigenvalue weighted by Gasteiger charge is -2.16. The first-order chi connectivity index (χ1) is 9.74. The average Bonchev–Trinajstić information content (AvgIpc) is 2.93. The maximum Gasteiger partial charge on any atom is 0.265 e. The van der Waals surface area contributed by atoms with Gasteiger partial charge in [0.25, 0.3) is 5.91 Å². The third kappa shape index (κ3) is 4.16. The van der Waals surface area contributed by atoms with Crippen LogP contribution in [0.4, 0.5) is 5.13 Å². The van der Waals surface area contributed by atoms with Crippen LogP contribution >= 0.6 is 11.3 Å². The Bertz CT molecular complexity index is 667. The zero-order chi connectivity index (χ0) is 15.6. The lowest BCUT2D eigenvalue weighted by molar-refractivity contribution is -0.117. The average molecular weight is 306 g/mol. The van der Waals surface area contributed by atoms with Gasteiger partial charge in [-0.1, -0.05) is 20.8 Å². The molecule has 2 heterocycles. The van der Waals surface area contributed by atoms with Gasteiger partial charge in [-0.3, -0.25) is 9.59 Å². The van der Waals surface area contributed by atoms with Crippen LogP contribution in [0.25, 0.3) is 11.3 Å². The maximum atomic E-state index is 11.9. The van der Waals surface area contributed by atoms with E-state index in [0.717, 1.165) is 5.56 Å². The van der Waals surface area contributed by atoms with E-state index in [0.29, 0.717) is 22.9 Å². The lowest BCUT2D eigenvalue weighted by atomic mass is 9.92. The van der Waals surface area contributed by atoms with E-state index in [1.807, 2.05) is 26.2 Å². The van der Waals surface area contributed by atoms with Gasteiger partial charge >= 0.3 is 0 Å². The standard InChI is InChI=1S/C14H18N4O2S/c1-14(2,3)5-11(19)18-13-17-10(7-21-13)8-4-9(12(15)20)16-6-8/h4,6-7,16H,5H2,1-3H3,(H2,15,20)(H,17,18,19). The van der Waals surface area contributed by atoms with Crippen molar-refractivity contribution in [1.82, 2.24) is 9.97 Å². The van der Waals surface area contributed by atoms with Crippen molar-refractivity contribution in [2.45, 2.75) is 27.2 Å². The second-order valence-electron chi connectivity index (χ2n) is 5.99. The fourth-order valence-electron chi connectivity index (χ4n) is 1.79. The smallest absolute Gasteiger partial charge is 0.265 e. The molecule has 4 N–H and O–H groups in total. The summed E-state index contributed by atoms with van der Waals surface area (Å²) in [4.78, 5) is 30.0. The van der Waals surface area contributed by atoms with Crippen molar-refractivity contribution >= 4 is 28.3 Å². The van der Waals surface area contributed by atoms with E-state index in [4.69, 9.17) is 5.73 Å². The first-order valence-corrected chi connectivity index (χ1v) is 7.36. The number of hydrogen-bond donors (Lipinski definition) is 3. The molecule has 0 fully saturated rings. The van der Waals surface area contributed by atoms with E-state index < -0.39 is 5.91 Å². The molecule has 2 aromatic rings. The second-order valence-corrected chi connectivity index (χ2v) is 6.85. The van der Waals surface area contributed by atoms with Crippen molar-refractivity contribution in [3.8, 4) is 11.3 Å². The Labute approximate surface area is 126 Å². The van der Waals surface area contributed by atoms with Crippen LogP contribution in [0.2, 0.25) is 0 Å². The van der Waals surface area contributed by atoms with Gasteiger partial charge < -0.3 is 16.0 Å².